The number of halogens is 1. The van der Waals surface area contributed by atoms with E-state index in [0.29, 0.717) is 5.75 Å². The number of rotatable bonds is 12. The Morgan fingerprint density at radius 3 is 2.13 bits per heavy atom. The van der Waals surface area contributed by atoms with Crippen LogP contribution >= 0.6 is 23.4 Å². The zero-order chi connectivity index (χ0) is 27.5. The first-order valence-electron chi connectivity index (χ1n) is 11.6. The Hall–Kier alpha value is -3.89. The minimum absolute atomic E-state index is 0.0330. The van der Waals surface area contributed by atoms with Crippen molar-refractivity contribution in [2.45, 2.75) is 18.5 Å². The lowest BCUT2D eigenvalue weighted by molar-refractivity contribution is -0.384. The van der Waals surface area contributed by atoms with Crippen LogP contribution in [0, 0.1) is 10.1 Å². The maximum atomic E-state index is 12.8. The summed E-state index contributed by atoms with van der Waals surface area (Å²) in [5.41, 5.74) is 1.26. The monoisotopic (exact) mass is 555 g/mol. The van der Waals surface area contributed by atoms with E-state index < -0.39 is 47.1 Å². The number of esters is 1. The van der Waals surface area contributed by atoms with Crippen LogP contribution in [0.2, 0.25) is 5.02 Å². The maximum Gasteiger partial charge on any atom is 0.329 e. The number of thioether (sulfide) groups is 1. The molecule has 0 bridgehead atoms. The minimum atomic E-state index is -1.06. The van der Waals surface area contributed by atoms with E-state index in [4.69, 9.17) is 16.3 Å². The van der Waals surface area contributed by atoms with Crippen molar-refractivity contribution in [1.29, 1.82) is 0 Å². The number of hydrogen-bond donors (Lipinski definition) is 2. The van der Waals surface area contributed by atoms with Gasteiger partial charge in [-0.05, 0) is 41.7 Å². The Morgan fingerprint density at radius 2 is 1.58 bits per heavy atom. The van der Waals surface area contributed by atoms with E-state index in [1.807, 2.05) is 66.9 Å². The van der Waals surface area contributed by atoms with Gasteiger partial charge in [0.15, 0.2) is 6.61 Å². The highest BCUT2D eigenvalue weighted by Gasteiger charge is 2.25. The molecule has 198 valence electrons. The van der Waals surface area contributed by atoms with Crippen LogP contribution in [0.5, 0.6) is 0 Å². The zero-order valence-corrected chi connectivity index (χ0v) is 22.0. The molecule has 0 aliphatic carbocycles. The largest absolute Gasteiger partial charge is 0.454 e. The van der Waals surface area contributed by atoms with Crippen molar-refractivity contribution < 1.29 is 24.0 Å². The zero-order valence-electron chi connectivity index (χ0n) is 20.5. The molecule has 2 amide bonds. The molecular weight excluding hydrogens is 530 g/mol. The van der Waals surface area contributed by atoms with Crippen molar-refractivity contribution in [3.05, 3.63) is 111 Å². The van der Waals surface area contributed by atoms with Gasteiger partial charge < -0.3 is 15.4 Å². The normalized spacial score (nSPS) is 11.4. The predicted octanol–water partition coefficient (Wildman–Crippen LogP) is 4.55. The van der Waals surface area contributed by atoms with Crippen molar-refractivity contribution >= 4 is 46.8 Å². The third-order valence-corrected chi connectivity index (χ3v) is 6.49. The molecule has 3 rings (SSSR count). The molecule has 3 aromatic rings. The molecule has 0 radical (unpaired) electrons. The highest BCUT2D eigenvalue weighted by Crippen LogP contribution is 2.25. The molecule has 2 N–H and O–H groups in total. The molecule has 9 nitrogen and oxygen atoms in total. The van der Waals surface area contributed by atoms with Crippen LogP contribution in [-0.4, -0.2) is 47.4 Å². The van der Waals surface area contributed by atoms with Crippen LogP contribution in [0.3, 0.4) is 0 Å². The van der Waals surface area contributed by atoms with Gasteiger partial charge in [0.25, 0.3) is 17.5 Å². The van der Waals surface area contributed by atoms with E-state index in [-0.39, 0.29) is 17.0 Å². The first-order chi connectivity index (χ1) is 18.3. The van der Waals surface area contributed by atoms with Gasteiger partial charge in [-0.25, -0.2) is 4.79 Å². The van der Waals surface area contributed by atoms with E-state index in [1.54, 1.807) is 0 Å². The molecule has 0 saturated carbocycles. The standard InChI is InChI=1S/C27H26ClN3O6S/c1-38-15-14-22(29-26(33)20-12-13-21(28)23(16-20)31(35)36)27(34)37-17-24(32)30-25(18-8-4-2-5-9-18)19-10-6-3-7-11-19/h2-13,16,22,25H,14-15,17H2,1H3,(H,29,33)(H,30,32)/t22-/m0/s1. The third-order valence-electron chi connectivity index (χ3n) is 5.52. The van der Waals surface area contributed by atoms with Crippen molar-refractivity contribution in [2.75, 3.05) is 18.6 Å². The maximum absolute atomic E-state index is 12.8. The summed E-state index contributed by atoms with van der Waals surface area (Å²) in [6.07, 6.45) is 2.08. The van der Waals surface area contributed by atoms with Gasteiger partial charge in [0, 0.05) is 11.6 Å². The Labute approximate surface area is 229 Å². The molecule has 38 heavy (non-hydrogen) atoms. The molecule has 11 heteroatoms. The van der Waals surface area contributed by atoms with Crippen molar-refractivity contribution in [2.24, 2.45) is 0 Å². The van der Waals surface area contributed by atoms with Gasteiger partial charge in [-0.3, -0.25) is 19.7 Å². The van der Waals surface area contributed by atoms with Gasteiger partial charge in [0.2, 0.25) is 0 Å². The van der Waals surface area contributed by atoms with Crippen LogP contribution in [0.15, 0.2) is 78.9 Å². The van der Waals surface area contributed by atoms with Crippen LogP contribution in [0.4, 0.5) is 5.69 Å². The molecular formula is C27H26ClN3O6S. The number of carbonyl (C=O) groups excluding carboxylic acids is 3. The summed E-state index contributed by atoms with van der Waals surface area (Å²) in [5, 5.41) is 16.5. The molecule has 3 aromatic carbocycles. The second-order valence-electron chi connectivity index (χ2n) is 8.16. The number of nitro benzene ring substituents is 1. The SMILES string of the molecule is CSCC[C@H](NC(=O)c1ccc(Cl)c([N+](=O)[O-])c1)C(=O)OCC(=O)NC(c1ccccc1)c1ccccc1. The highest BCUT2D eigenvalue weighted by molar-refractivity contribution is 7.98. The number of benzene rings is 3. The molecule has 0 spiro atoms. The fraction of sp³-hybridized carbons (Fsp3) is 0.222. The Kier molecular flexibility index (Phi) is 10.7. The summed E-state index contributed by atoms with van der Waals surface area (Å²) >= 11 is 7.28. The number of hydrogen-bond acceptors (Lipinski definition) is 7. The van der Waals surface area contributed by atoms with E-state index in [1.165, 1.54) is 23.9 Å². The summed E-state index contributed by atoms with van der Waals surface area (Å²) < 4.78 is 5.25. The Morgan fingerprint density at radius 1 is 0.974 bits per heavy atom. The average Bonchev–Trinajstić information content (AvgIpc) is 2.93. The summed E-state index contributed by atoms with van der Waals surface area (Å²) in [4.78, 5) is 48.8. The molecule has 0 saturated heterocycles. The van der Waals surface area contributed by atoms with Gasteiger partial charge in [0.1, 0.15) is 11.1 Å². The van der Waals surface area contributed by atoms with Crippen molar-refractivity contribution in [1.82, 2.24) is 10.6 Å². The van der Waals surface area contributed by atoms with Gasteiger partial charge in [-0.2, -0.15) is 11.8 Å². The summed E-state index contributed by atoms with van der Waals surface area (Å²) in [7, 11) is 0. The number of ether oxygens (including phenoxy) is 1. The first-order valence-corrected chi connectivity index (χ1v) is 13.4. The fourth-order valence-corrected chi connectivity index (χ4v) is 4.27. The van der Waals surface area contributed by atoms with Crippen LogP contribution in [-0.2, 0) is 14.3 Å². The second-order valence-corrected chi connectivity index (χ2v) is 9.55. The average molecular weight is 556 g/mol. The van der Waals surface area contributed by atoms with Gasteiger partial charge in [0.05, 0.1) is 11.0 Å². The lowest BCUT2D eigenvalue weighted by atomic mass is 9.99. The minimum Gasteiger partial charge on any atom is -0.454 e. The molecule has 1 atom stereocenters. The van der Waals surface area contributed by atoms with Crippen molar-refractivity contribution in [3.8, 4) is 0 Å². The summed E-state index contributed by atoms with van der Waals surface area (Å²) in [5.74, 6) is -1.48. The third kappa shape index (κ3) is 8.06. The lowest BCUT2D eigenvalue weighted by Crippen LogP contribution is -2.43. The van der Waals surface area contributed by atoms with Gasteiger partial charge in [-0.15, -0.1) is 0 Å². The van der Waals surface area contributed by atoms with Gasteiger partial charge in [-0.1, -0.05) is 72.3 Å². The van der Waals surface area contributed by atoms with Crippen LogP contribution < -0.4 is 10.6 Å². The number of nitro groups is 1. The predicted molar refractivity (Wildman–Crippen MR) is 146 cm³/mol. The highest BCUT2D eigenvalue weighted by atomic mass is 35.5. The van der Waals surface area contributed by atoms with E-state index in [9.17, 15) is 24.5 Å². The molecule has 0 aromatic heterocycles. The topological polar surface area (TPSA) is 128 Å². The smallest absolute Gasteiger partial charge is 0.329 e. The lowest BCUT2D eigenvalue weighted by Gasteiger charge is -2.21. The molecule has 0 fully saturated rings. The van der Waals surface area contributed by atoms with E-state index >= 15 is 0 Å². The van der Waals surface area contributed by atoms with Crippen LogP contribution in [0.1, 0.15) is 33.9 Å². The fourth-order valence-electron chi connectivity index (χ4n) is 3.61. The number of nitrogens with one attached hydrogen (secondary N) is 2. The van der Waals surface area contributed by atoms with E-state index in [2.05, 4.69) is 10.6 Å². The molecule has 0 heterocycles. The van der Waals surface area contributed by atoms with Crippen LogP contribution in [0.25, 0.3) is 0 Å². The Balaban J connectivity index is 1.66. The van der Waals surface area contributed by atoms with Crippen molar-refractivity contribution in [3.63, 3.8) is 0 Å². The number of amides is 2. The molecule has 0 aliphatic heterocycles. The van der Waals surface area contributed by atoms with E-state index in [0.717, 1.165) is 17.2 Å². The molecule has 0 aliphatic rings. The summed E-state index contributed by atoms with van der Waals surface area (Å²) in [6, 6.07) is 20.9. The number of carbonyl (C=O) groups is 3. The Bertz CT molecular complexity index is 1240. The molecule has 0 unspecified atom stereocenters. The second kappa shape index (κ2) is 14.2. The summed E-state index contributed by atoms with van der Waals surface area (Å²) in [6.45, 7) is -0.549. The number of nitrogens with zero attached hydrogens (tertiary/aromatic N) is 1. The quantitative estimate of drug-likeness (QED) is 0.191. The van der Waals surface area contributed by atoms with Gasteiger partial charge >= 0.3 is 5.97 Å². The first kappa shape index (κ1) is 28.7.